The molecule has 0 rings (SSSR count). The number of rotatable bonds is 31. The molecule has 1 unspecified atom stereocenters. The fraction of sp³-hybridized carbons (Fsp3) is 0.971. The van der Waals surface area contributed by atoms with Crippen molar-refractivity contribution in [3.63, 3.8) is 0 Å². The largest absolute Gasteiger partial charge is 0.445 e. The predicted octanol–water partition coefficient (Wildman–Crippen LogP) is 11.1. The molecule has 0 aromatic rings. The van der Waals surface area contributed by atoms with E-state index in [1.807, 2.05) is 0 Å². The number of unbranched alkanes of at least 4 members (excludes halogenated alkanes) is 21. The number of nitrogens with one attached hydrogen (secondary N) is 1. The SMILES string of the molecule is CCCCCCCCCCCCCCCCN[C@H](CC[SH](C)C)C(=O)OC(Cl)CCCCCCCCCCC. The molecule has 0 radical (unpaired) electrons. The van der Waals surface area contributed by atoms with Crippen LogP contribution < -0.4 is 5.32 Å². The minimum absolute atomic E-state index is 0.0182. The minimum atomic E-state index is -0.489. The van der Waals surface area contributed by atoms with Gasteiger partial charge in [-0.1, -0.05) is 160 Å². The highest BCUT2D eigenvalue weighted by molar-refractivity contribution is 8.15. The summed E-state index contributed by atoms with van der Waals surface area (Å²) in [6, 6.07) is -0.207. The van der Waals surface area contributed by atoms with Gasteiger partial charge < -0.3 is 10.1 Å². The molecule has 2 atom stereocenters. The molecule has 1 N–H and O–H groups in total. The second kappa shape index (κ2) is 31.0. The molecule has 0 aliphatic rings. The third-order valence-corrected chi connectivity index (χ3v) is 9.31. The van der Waals surface area contributed by atoms with Crippen LogP contribution in [0.1, 0.15) is 174 Å². The topological polar surface area (TPSA) is 38.3 Å². The normalized spacial score (nSPS) is 13.4. The molecule has 236 valence electrons. The van der Waals surface area contributed by atoms with E-state index in [4.69, 9.17) is 16.3 Å². The van der Waals surface area contributed by atoms with E-state index in [2.05, 4.69) is 31.7 Å². The zero-order valence-electron chi connectivity index (χ0n) is 26.9. The van der Waals surface area contributed by atoms with Crippen molar-refractivity contribution in [2.75, 3.05) is 24.8 Å². The van der Waals surface area contributed by atoms with Gasteiger partial charge in [-0.3, -0.25) is 15.7 Å². The molecule has 3 nitrogen and oxygen atoms in total. The lowest BCUT2D eigenvalue weighted by Crippen LogP contribution is -2.40. The average molecular weight is 592 g/mol. The summed E-state index contributed by atoms with van der Waals surface area (Å²) in [6.45, 7) is 5.45. The third-order valence-electron chi connectivity index (χ3n) is 7.85. The van der Waals surface area contributed by atoms with E-state index in [0.717, 1.165) is 38.0 Å². The second-order valence-electron chi connectivity index (χ2n) is 12.2. The van der Waals surface area contributed by atoms with Crippen LogP contribution in [0, 0.1) is 0 Å². The Bertz CT molecular complexity index is 506. The molecular weight excluding hydrogens is 522 g/mol. The Morgan fingerprint density at radius 3 is 1.41 bits per heavy atom. The summed E-state index contributed by atoms with van der Waals surface area (Å²) >= 11 is 6.41. The molecule has 0 saturated heterocycles. The van der Waals surface area contributed by atoms with Crippen LogP contribution in [-0.4, -0.2) is 42.4 Å². The van der Waals surface area contributed by atoms with E-state index < -0.39 is 5.56 Å². The maximum absolute atomic E-state index is 12.8. The zero-order chi connectivity index (χ0) is 28.8. The summed E-state index contributed by atoms with van der Waals surface area (Å²) in [5, 5.41) is 3.51. The van der Waals surface area contributed by atoms with Crippen LogP contribution in [-0.2, 0) is 9.53 Å². The van der Waals surface area contributed by atoms with Crippen LogP contribution >= 0.6 is 22.5 Å². The fourth-order valence-electron chi connectivity index (χ4n) is 5.17. The lowest BCUT2D eigenvalue weighted by molar-refractivity contribution is -0.148. The lowest BCUT2D eigenvalue weighted by atomic mass is 10.0. The molecule has 0 heterocycles. The molecule has 0 aliphatic carbocycles. The van der Waals surface area contributed by atoms with Gasteiger partial charge in [0.1, 0.15) is 6.04 Å². The van der Waals surface area contributed by atoms with Gasteiger partial charge in [0, 0.05) is 0 Å². The van der Waals surface area contributed by atoms with Crippen LogP contribution in [0.25, 0.3) is 0 Å². The summed E-state index contributed by atoms with van der Waals surface area (Å²) in [7, 11) is -0.0182. The summed E-state index contributed by atoms with van der Waals surface area (Å²) in [5.41, 5.74) is -0.489. The fourth-order valence-corrected chi connectivity index (χ4v) is 6.19. The standard InChI is InChI=1S/C34H70ClNO2S/c1-5-7-9-11-13-15-16-17-18-19-21-23-25-27-30-36-32(29-31-39(3)4)34(37)38-33(35)28-26-24-22-20-14-12-10-8-6-2/h32-33,36,39H,5-31H2,1-4H3/t32-,33?/m1/s1. The van der Waals surface area contributed by atoms with E-state index in [1.165, 1.54) is 135 Å². The van der Waals surface area contributed by atoms with Gasteiger partial charge >= 0.3 is 5.97 Å². The number of carbonyl (C=O) groups excluding carboxylic acids is 1. The highest BCUT2D eigenvalue weighted by Gasteiger charge is 2.22. The average Bonchev–Trinajstić information content (AvgIpc) is 2.91. The Hall–Kier alpha value is 0.0700. The molecule has 0 fully saturated rings. The van der Waals surface area contributed by atoms with Gasteiger partial charge in [-0.05, 0) is 50.5 Å². The van der Waals surface area contributed by atoms with Gasteiger partial charge in [0.15, 0.2) is 5.56 Å². The summed E-state index contributed by atoms with van der Waals surface area (Å²) < 4.78 is 5.66. The van der Waals surface area contributed by atoms with E-state index in [-0.39, 0.29) is 22.9 Å². The molecule has 39 heavy (non-hydrogen) atoms. The number of alkyl halides is 1. The molecule has 0 saturated carbocycles. The number of carbonyl (C=O) groups is 1. The van der Waals surface area contributed by atoms with Gasteiger partial charge in [0.2, 0.25) is 0 Å². The first-order valence-electron chi connectivity index (χ1n) is 17.2. The van der Waals surface area contributed by atoms with Crippen molar-refractivity contribution >= 4 is 28.5 Å². The number of halogens is 1. The highest BCUT2D eigenvalue weighted by atomic mass is 35.5. The van der Waals surface area contributed by atoms with Gasteiger partial charge in [0.25, 0.3) is 0 Å². The van der Waals surface area contributed by atoms with Crippen molar-refractivity contribution in [1.29, 1.82) is 0 Å². The number of ether oxygens (including phenoxy) is 1. The van der Waals surface area contributed by atoms with Crippen LogP contribution in [0.4, 0.5) is 0 Å². The van der Waals surface area contributed by atoms with Gasteiger partial charge in [-0.15, -0.1) is 0 Å². The van der Waals surface area contributed by atoms with Crippen LogP contribution in [0.2, 0.25) is 0 Å². The molecule has 5 heteroatoms. The van der Waals surface area contributed by atoms with Crippen molar-refractivity contribution in [3.8, 4) is 0 Å². The number of hydrogen-bond donors (Lipinski definition) is 2. The second-order valence-corrected chi connectivity index (χ2v) is 15.3. The molecule has 0 amide bonds. The van der Waals surface area contributed by atoms with Gasteiger partial charge in [0.05, 0.1) is 0 Å². The number of hydrogen-bond acceptors (Lipinski definition) is 3. The van der Waals surface area contributed by atoms with E-state index in [1.54, 1.807) is 0 Å². The Kier molecular flexibility index (Phi) is 31.1. The van der Waals surface area contributed by atoms with Gasteiger partial charge in [-0.25, -0.2) is 0 Å². The van der Waals surface area contributed by atoms with E-state index >= 15 is 0 Å². The van der Waals surface area contributed by atoms with E-state index in [9.17, 15) is 4.79 Å². The quantitative estimate of drug-likeness (QED) is 0.0364. The van der Waals surface area contributed by atoms with Crippen LogP contribution in [0.3, 0.4) is 0 Å². The first-order chi connectivity index (χ1) is 19.0. The zero-order valence-corrected chi connectivity index (χ0v) is 28.5. The molecule has 0 aliphatic heterocycles. The maximum Gasteiger partial charge on any atom is 0.324 e. The van der Waals surface area contributed by atoms with Crippen LogP contribution in [0.15, 0.2) is 0 Å². The van der Waals surface area contributed by atoms with Crippen molar-refractivity contribution in [1.82, 2.24) is 5.32 Å². The summed E-state index contributed by atoms with van der Waals surface area (Å²) in [6.07, 6.45) is 36.9. The van der Waals surface area contributed by atoms with Gasteiger partial charge in [-0.2, -0.15) is 0 Å². The van der Waals surface area contributed by atoms with Crippen molar-refractivity contribution in [2.24, 2.45) is 0 Å². The highest BCUT2D eigenvalue weighted by Crippen LogP contribution is 2.19. The molecule has 0 aromatic carbocycles. The minimum Gasteiger partial charge on any atom is -0.445 e. The summed E-state index contributed by atoms with van der Waals surface area (Å²) in [5.74, 6) is 0.944. The van der Waals surface area contributed by atoms with Crippen LogP contribution in [0.5, 0.6) is 0 Å². The monoisotopic (exact) mass is 591 g/mol. The molecule has 0 aromatic heterocycles. The van der Waals surface area contributed by atoms with Crippen molar-refractivity contribution in [3.05, 3.63) is 0 Å². The first kappa shape index (κ1) is 39.1. The van der Waals surface area contributed by atoms with Crippen molar-refractivity contribution < 1.29 is 9.53 Å². The van der Waals surface area contributed by atoms with Crippen molar-refractivity contribution in [2.45, 2.75) is 186 Å². The number of esters is 1. The Morgan fingerprint density at radius 2 is 1.00 bits per heavy atom. The molecule has 0 spiro atoms. The smallest absolute Gasteiger partial charge is 0.324 e. The lowest BCUT2D eigenvalue weighted by Gasteiger charge is -2.21. The number of thiol groups is 1. The predicted molar refractivity (Wildman–Crippen MR) is 180 cm³/mol. The third kappa shape index (κ3) is 29.4. The van der Waals surface area contributed by atoms with E-state index in [0.29, 0.717) is 0 Å². The maximum atomic E-state index is 12.8. The Balaban J connectivity index is 3.87. The molecule has 0 bridgehead atoms. The summed E-state index contributed by atoms with van der Waals surface area (Å²) in [4.78, 5) is 12.8. The Labute approximate surface area is 253 Å². The molecular formula is C34H70ClNO2S. The Morgan fingerprint density at radius 1 is 0.615 bits per heavy atom. The first-order valence-corrected chi connectivity index (χ1v) is 20.1.